The minimum atomic E-state index is 0.711. The summed E-state index contributed by atoms with van der Waals surface area (Å²) >= 11 is 0. The number of nitrogens with one attached hydrogen (secondary N) is 1. The van der Waals surface area contributed by atoms with Crippen molar-refractivity contribution >= 4 is 0 Å². The van der Waals surface area contributed by atoms with Crippen LogP contribution in [0.25, 0.3) is 0 Å². The second-order valence-electron chi connectivity index (χ2n) is 5.56. The van der Waals surface area contributed by atoms with Crippen molar-refractivity contribution < 1.29 is 0 Å². The summed E-state index contributed by atoms with van der Waals surface area (Å²) in [5.41, 5.74) is 0. The highest BCUT2D eigenvalue weighted by Gasteiger charge is 2.18. The standard InChI is InChI=1S/C13H28N2/c1-11(2)10-15(4)12(3)9-13-7-5-6-8-14-13/h11-14H,5-10H2,1-4H3. The fraction of sp³-hybridized carbons (Fsp3) is 1.00. The molecule has 2 nitrogen and oxygen atoms in total. The summed E-state index contributed by atoms with van der Waals surface area (Å²) in [5.74, 6) is 0.775. The van der Waals surface area contributed by atoms with Gasteiger partial charge in [-0.05, 0) is 45.7 Å². The zero-order valence-corrected chi connectivity index (χ0v) is 10.9. The topological polar surface area (TPSA) is 15.3 Å². The minimum absolute atomic E-state index is 0.711. The molecule has 2 heteroatoms. The normalized spacial score (nSPS) is 24.8. The van der Waals surface area contributed by atoms with Crippen LogP contribution in [-0.2, 0) is 0 Å². The molecule has 0 aliphatic carbocycles. The molecule has 0 amide bonds. The lowest BCUT2D eigenvalue weighted by Crippen LogP contribution is -2.41. The summed E-state index contributed by atoms with van der Waals surface area (Å²) in [7, 11) is 2.26. The lowest BCUT2D eigenvalue weighted by atomic mass is 9.98. The molecule has 15 heavy (non-hydrogen) atoms. The largest absolute Gasteiger partial charge is 0.314 e. The van der Waals surface area contributed by atoms with E-state index in [4.69, 9.17) is 0 Å². The summed E-state index contributed by atoms with van der Waals surface area (Å²) < 4.78 is 0. The molecule has 0 bridgehead atoms. The van der Waals surface area contributed by atoms with E-state index in [0.29, 0.717) is 6.04 Å². The van der Waals surface area contributed by atoms with Crippen LogP contribution in [0.4, 0.5) is 0 Å². The molecule has 0 aromatic heterocycles. The first-order valence-corrected chi connectivity index (χ1v) is 6.53. The van der Waals surface area contributed by atoms with Gasteiger partial charge in [0.15, 0.2) is 0 Å². The molecule has 1 aliphatic heterocycles. The average Bonchev–Trinajstić information content (AvgIpc) is 2.18. The van der Waals surface area contributed by atoms with Gasteiger partial charge in [-0.3, -0.25) is 0 Å². The van der Waals surface area contributed by atoms with E-state index in [9.17, 15) is 0 Å². The quantitative estimate of drug-likeness (QED) is 0.753. The fourth-order valence-corrected chi connectivity index (χ4v) is 2.47. The van der Waals surface area contributed by atoms with Gasteiger partial charge in [0.25, 0.3) is 0 Å². The van der Waals surface area contributed by atoms with Crippen LogP contribution in [0, 0.1) is 5.92 Å². The Balaban J connectivity index is 2.23. The summed E-state index contributed by atoms with van der Waals surface area (Å²) in [5, 5.41) is 3.63. The average molecular weight is 212 g/mol. The molecule has 1 N–H and O–H groups in total. The van der Waals surface area contributed by atoms with E-state index in [1.54, 1.807) is 0 Å². The Bertz CT molecular complexity index is 162. The minimum Gasteiger partial charge on any atom is -0.314 e. The zero-order valence-electron chi connectivity index (χ0n) is 10.9. The smallest absolute Gasteiger partial charge is 0.00818 e. The molecular formula is C13H28N2. The van der Waals surface area contributed by atoms with Crippen molar-refractivity contribution in [2.75, 3.05) is 20.1 Å². The molecule has 90 valence electrons. The highest BCUT2D eigenvalue weighted by molar-refractivity contribution is 4.77. The van der Waals surface area contributed by atoms with Gasteiger partial charge in [0.05, 0.1) is 0 Å². The Labute approximate surface area is 95.4 Å². The Morgan fingerprint density at radius 2 is 2.00 bits per heavy atom. The summed E-state index contributed by atoms with van der Waals surface area (Å²) in [6.45, 7) is 9.39. The van der Waals surface area contributed by atoms with Gasteiger partial charge in [-0.1, -0.05) is 20.3 Å². The van der Waals surface area contributed by atoms with Crippen molar-refractivity contribution in [1.82, 2.24) is 10.2 Å². The zero-order chi connectivity index (χ0) is 11.3. The molecular weight excluding hydrogens is 184 g/mol. The monoisotopic (exact) mass is 212 g/mol. The lowest BCUT2D eigenvalue weighted by molar-refractivity contribution is 0.197. The molecule has 1 saturated heterocycles. The molecule has 0 aromatic rings. The maximum Gasteiger partial charge on any atom is 0.00818 e. The summed E-state index contributed by atoms with van der Waals surface area (Å²) in [6.07, 6.45) is 5.47. The van der Waals surface area contributed by atoms with Crippen LogP contribution < -0.4 is 5.32 Å². The molecule has 0 saturated carbocycles. The van der Waals surface area contributed by atoms with E-state index in [-0.39, 0.29) is 0 Å². The Kier molecular flexibility index (Phi) is 5.62. The van der Waals surface area contributed by atoms with Gasteiger partial charge in [0.1, 0.15) is 0 Å². The molecule has 0 radical (unpaired) electrons. The van der Waals surface area contributed by atoms with E-state index in [1.165, 1.54) is 38.8 Å². The predicted molar refractivity (Wildman–Crippen MR) is 67.2 cm³/mol. The lowest BCUT2D eigenvalue weighted by Gasteiger charge is -2.31. The number of nitrogens with zero attached hydrogens (tertiary/aromatic N) is 1. The van der Waals surface area contributed by atoms with Crippen LogP contribution >= 0.6 is 0 Å². The molecule has 1 heterocycles. The van der Waals surface area contributed by atoms with Crippen LogP contribution in [0.2, 0.25) is 0 Å². The SMILES string of the molecule is CC(C)CN(C)C(C)CC1CCCCN1. The molecule has 1 rings (SSSR count). The van der Waals surface area contributed by atoms with E-state index >= 15 is 0 Å². The first-order chi connectivity index (χ1) is 7.09. The molecule has 1 aliphatic rings. The number of piperidine rings is 1. The van der Waals surface area contributed by atoms with Gasteiger partial charge in [-0.15, -0.1) is 0 Å². The third kappa shape index (κ3) is 4.98. The van der Waals surface area contributed by atoms with E-state index in [1.807, 2.05) is 0 Å². The second kappa shape index (κ2) is 6.49. The Morgan fingerprint density at radius 3 is 2.53 bits per heavy atom. The maximum absolute atomic E-state index is 3.63. The third-order valence-corrected chi connectivity index (χ3v) is 3.44. The van der Waals surface area contributed by atoms with E-state index in [0.717, 1.165) is 12.0 Å². The van der Waals surface area contributed by atoms with Crippen LogP contribution in [0.3, 0.4) is 0 Å². The van der Waals surface area contributed by atoms with Gasteiger partial charge in [-0.25, -0.2) is 0 Å². The maximum atomic E-state index is 3.63. The van der Waals surface area contributed by atoms with E-state index in [2.05, 4.69) is 38.0 Å². The van der Waals surface area contributed by atoms with Crippen molar-refractivity contribution in [3.8, 4) is 0 Å². The summed E-state index contributed by atoms with van der Waals surface area (Å²) in [6, 6.07) is 1.48. The molecule has 2 unspecified atom stereocenters. The Morgan fingerprint density at radius 1 is 1.27 bits per heavy atom. The van der Waals surface area contributed by atoms with Crippen LogP contribution in [0.1, 0.15) is 46.5 Å². The van der Waals surface area contributed by atoms with Gasteiger partial charge in [0.2, 0.25) is 0 Å². The van der Waals surface area contributed by atoms with Crippen molar-refractivity contribution in [3.63, 3.8) is 0 Å². The summed E-state index contributed by atoms with van der Waals surface area (Å²) in [4.78, 5) is 2.50. The molecule has 0 spiro atoms. The first-order valence-electron chi connectivity index (χ1n) is 6.53. The number of hydrogen-bond donors (Lipinski definition) is 1. The van der Waals surface area contributed by atoms with Crippen molar-refractivity contribution in [3.05, 3.63) is 0 Å². The molecule has 1 fully saturated rings. The number of rotatable bonds is 5. The number of hydrogen-bond acceptors (Lipinski definition) is 2. The predicted octanol–water partition coefficient (Wildman–Crippen LogP) is 2.49. The first kappa shape index (κ1) is 13.0. The highest BCUT2D eigenvalue weighted by atomic mass is 15.1. The van der Waals surface area contributed by atoms with E-state index < -0.39 is 0 Å². The van der Waals surface area contributed by atoms with Crippen LogP contribution in [0.5, 0.6) is 0 Å². The van der Waals surface area contributed by atoms with Crippen molar-refractivity contribution in [1.29, 1.82) is 0 Å². The second-order valence-corrected chi connectivity index (χ2v) is 5.56. The van der Waals surface area contributed by atoms with Gasteiger partial charge < -0.3 is 10.2 Å². The van der Waals surface area contributed by atoms with Crippen molar-refractivity contribution in [2.24, 2.45) is 5.92 Å². The van der Waals surface area contributed by atoms with Crippen molar-refractivity contribution in [2.45, 2.75) is 58.5 Å². The molecule has 0 aromatic carbocycles. The fourth-order valence-electron chi connectivity index (χ4n) is 2.47. The van der Waals surface area contributed by atoms with Gasteiger partial charge >= 0.3 is 0 Å². The van der Waals surface area contributed by atoms with Gasteiger partial charge in [0, 0.05) is 18.6 Å². The third-order valence-electron chi connectivity index (χ3n) is 3.44. The van der Waals surface area contributed by atoms with Gasteiger partial charge in [-0.2, -0.15) is 0 Å². The molecule has 2 atom stereocenters. The highest BCUT2D eigenvalue weighted by Crippen LogP contribution is 2.14. The Hall–Kier alpha value is -0.0800. The van der Waals surface area contributed by atoms with Crippen LogP contribution in [0.15, 0.2) is 0 Å². The van der Waals surface area contributed by atoms with Crippen LogP contribution in [-0.4, -0.2) is 37.1 Å².